The molecule has 3 nitrogen and oxygen atoms in total. The van der Waals surface area contributed by atoms with Gasteiger partial charge in [-0.2, -0.15) is 8.78 Å². The van der Waals surface area contributed by atoms with Crippen molar-refractivity contribution in [2.45, 2.75) is 12.3 Å². The van der Waals surface area contributed by atoms with Gasteiger partial charge in [0.1, 0.15) is 0 Å². The van der Waals surface area contributed by atoms with Crippen LogP contribution in [0.4, 0.5) is 23.2 Å². The first-order valence-electron chi connectivity index (χ1n) is 5.06. The smallest absolute Gasteiger partial charge is 0.298 e. The number of carbonyl (C=O) groups is 2. The summed E-state index contributed by atoms with van der Waals surface area (Å²) in [5, 5.41) is -0.0845. The Morgan fingerprint density at radius 1 is 1.26 bits per heavy atom. The molecule has 0 aliphatic carbocycles. The van der Waals surface area contributed by atoms with E-state index in [-0.39, 0.29) is 16.3 Å². The molecule has 1 aliphatic rings. The number of fused-ring (bicyclic) bond motifs is 1. The minimum Gasteiger partial charge on any atom is -0.298 e. The second kappa shape index (κ2) is 4.48. The van der Waals surface area contributed by atoms with Gasteiger partial charge in [0, 0.05) is 0 Å². The van der Waals surface area contributed by atoms with Gasteiger partial charge in [0.15, 0.2) is 0 Å². The summed E-state index contributed by atoms with van der Waals surface area (Å²) in [5.41, 5.74) is -0.415. The van der Waals surface area contributed by atoms with E-state index in [0.29, 0.717) is 4.90 Å². The number of hydrogen-bond donors (Lipinski definition) is 0. The predicted molar refractivity (Wildman–Crippen MR) is 59.1 cm³/mol. The molecule has 0 aromatic heterocycles. The van der Waals surface area contributed by atoms with E-state index in [1.165, 1.54) is 18.2 Å². The third kappa shape index (κ3) is 2.18. The molecule has 1 aliphatic heterocycles. The fraction of sp³-hybridized carbons (Fsp3) is 0.273. The summed E-state index contributed by atoms with van der Waals surface area (Å²) in [6.07, 6.45) is -3.93. The molecule has 102 valence electrons. The highest BCUT2D eigenvalue weighted by molar-refractivity contribution is 6.55. The van der Waals surface area contributed by atoms with Crippen LogP contribution >= 0.6 is 11.6 Å². The molecular weight excluding hydrogens is 290 g/mol. The minimum absolute atomic E-state index is 0.0845. The third-order valence-electron chi connectivity index (χ3n) is 2.64. The second-order valence-corrected chi connectivity index (χ2v) is 4.32. The summed E-state index contributed by atoms with van der Waals surface area (Å²) in [5.74, 6) is -6.77. The Bertz CT molecular complexity index is 562. The Balaban J connectivity index is 2.43. The molecule has 1 aromatic rings. The van der Waals surface area contributed by atoms with Crippen molar-refractivity contribution in [1.82, 2.24) is 0 Å². The first kappa shape index (κ1) is 13.8. The van der Waals surface area contributed by atoms with Gasteiger partial charge in [0.05, 0.1) is 22.8 Å². The van der Waals surface area contributed by atoms with E-state index in [9.17, 15) is 27.2 Å². The number of amides is 1. The molecule has 0 N–H and O–H groups in total. The molecule has 0 saturated carbocycles. The van der Waals surface area contributed by atoms with Gasteiger partial charge in [0.25, 0.3) is 11.7 Å². The maximum atomic E-state index is 13.0. The molecule has 0 bridgehead atoms. The Hall–Kier alpha value is -1.63. The summed E-state index contributed by atoms with van der Waals surface area (Å²) in [7, 11) is 0. The molecule has 0 fully saturated rings. The maximum absolute atomic E-state index is 13.0. The van der Waals surface area contributed by atoms with Crippen molar-refractivity contribution in [2.75, 3.05) is 11.4 Å². The van der Waals surface area contributed by atoms with Crippen LogP contribution in [0.3, 0.4) is 0 Å². The molecule has 0 spiro atoms. The fourth-order valence-electron chi connectivity index (χ4n) is 1.74. The van der Waals surface area contributed by atoms with E-state index in [1.807, 2.05) is 0 Å². The maximum Gasteiger partial charge on any atom is 0.325 e. The predicted octanol–water partition coefficient (Wildman–Crippen LogP) is 2.77. The number of carbonyl (C=O) groups excluding carboxylic acids is 2. The highest BCUT2D eigenvalue weighted by Gasteiger charge is 2.48. The first-order valence-corrected chi connectivity index (χ1v) is 5.44. The van der Waals surface area contributed by atoms with Crippen LogP contribution in [-0.4, -0.2) is 30.6 Å². The van der Waals surface area contributed by atoms with Crippen molar-refractivity contribution in [3.63, 3.8) is 0 Å². The van der Waals surface area contributed by atoms with Crippen LogP contribution in [-0.2, 0) is 4.79 Å². The van der Waals surface area contributed by atoms with Crippen LogP contribution in [0.15, 0.2) is 18.2 Å². The molecule has 2 rings (SSSR count). The Morgan fingerprint density at radius 3 is 2.47 bits per heavy atom. The number of hydrogen-bond acceptors (Lipinski definition) is 2. The molecule has 1 heterocycles. The standard InChI is InChI=1S/C11H6ClF4NO2/c12-5-2-1-3-6-7(5)8(18)9(19)17(6)4-11(15,16)10(13)14/h1-3,10H,4H2. The molecule has 0 saturated heterocycles. The lowest BCUT2D eigenvalue weighted by atomic mass is 10.1. The van der Waals surface area contributed by atoms with Crippen LogP contribution in [0.1, 0.15) is 10.4 Å². The van der Waals surface area contributed by atoms with Crippen LogP contribution < -0.4 is 4.90 Å². The van der Waals surface area contributed by atoms with Gasteiger partial charge in [-0.15, -0.1) is 0 Å². The summed E-state index contributed by atoms with van der Waals surface area (Å²) in [4.78, 5) is 23.5. The Kier molecular flexibility index (Phi) is 3.25. The monoisotopic (exact) mass is 295 g/mol. The summed E-state index contributed by atoms with van der Waals surface area (Å²) < 4.78 is 50.3. The van der Waals surface area contributed by atoms with E-state index >= 15 is 0 Å². The molecular formula is C11H6ClF4NO2. The molecule has 19 heavy (non-hydrogen) atoms. The average molecular weight is 296 g/mol. The summed E-state index contributed by atoms with van der Waals surface area (Å²) >= 11 is 5.69. The van der Waals surface area contributed by atoms with Gasteiger partial charge >= 0.3 is 12.3 Å². The number of nitrogens with zero attached hydrogens (tertiary/aromatic N) is 1. The van der Waals surface area contributed by atoms with Gasteiger partial charge < -0.3 is 0 Å². The lowest BCUT2D eigenvalue weighted by molar-refractivity contribution is -0.128. The number of anilines is 1. The van der Waals surface area contributed by atoms with E-state index in [4.69, 9.17) is 11.6 Å². The van der Waals surface area contributed by atoms with Crippen molar-refractivity contribution in [3.05, 3.63) is 28.8 Å². The van der Waals surface area contributed by atoms with Crippen LogP contribution in [0.5, 0.6) is 0 Å². The highest BCUT2D eigenvalue weighted by Crippen LogP contribution is 2.36. The van der Waals surface area contributed by atoms with Crippen molar-refractivity contribution < 1.29 is 27.2 Å². The van der Waals surface area contributed by atoms with Gasteiger partial charge in [0.2, 0.25) is 0 Å². The van der Waals surface area contributed by atoms with Gasteiger partial charge in [-0.05, 0) is 12.1 Å². The number of ketones is 1. The normalized spacial score (nSPS) is 15.4. The van der Waals surface area contributed by atoms with Crippen molar-refractivity contribution >= 4 is 29.0 Å². The number of benzene rings is 1. The van der Waals surface area contributed by atoms with E-state index in [0.717, 1.165) is 0 Å². The lowest BCUT2D eigenvalue weighted by Gasteiger charge is -2.22. The molecule has 1 aromatic carbocycles. The molecule has 0 radical (unpaired) electrons. The quantitative estimate of drug-likeness (QED) is 0.635. The Morgan fingerprint density at radius 2 is 1.89 bits per heavy atom. The topological polar surface area (TPSA) is 37.4 Å². The number of rotatable bonds is 3. The first-order chi connectivity index (χ1) is 8.75. The molecule has 0 unspecified atom stereocenters. The van der Waals surface area contributed by atoms with Crippen LogP contribution in [0.2, 0.25) is 5.02 Å². The zero-order valence-electron chi connectivity index (χ0n) is 9.17. The lowest BCUT2D eigenvalue weighted by Crippen LogP contribution is -2.44. The largest absolute Gasteiger partial charge is 0.325 e. The van der Waals surface area contributed by atoms with Crippen molar-refractivity contribution in [2.24, 2.45) is 0 Å². The van der Waals surface area contributed by atoms with E-state index in [1.54, 1.807) is 0 Å². The summed E-state index contributed by atoms with van der Waals surface area (Å²) in [6.45, 7) is -1.57. The summed E-state index contributed by atoms with van der Waals surface area (Å²) in [6, 6.07) is 3.84. The van der Waals surface area contributed by atoms with Gasteiger partial charge in [-0.3, -0.25) is 14.5 Å². The van der Waals surface area contributed by atoms with Gasteiger partial charge in [-0.1, -0.05) is 17.7 Å². The van der Waals surface area contributed by atoms with Crippen LogP contribution in [0.25, 0.3) is 0 Å². The van der Waals surface area contributed by atoms with Crippen LogP contribution in [0, 0.1) is 0 Å². The number of halogens is 5. The highest BCUT2D eigenvalue weighted by atomic mass is 35.5. The minimum atomic E-state index is -4.40. The fourth-order valence-corrected chi connectivity index (χ4v) is 1.99. The van der Waals surface area contributed by atoms with E-state index < -0.39 is 30.6 Å². The average Bonchev–Trinajstić information content (AvgIpc) is 2.55. The molecule has 0 atom stereocenters. The van der Waals surface area contributed by atoms with Crippen molar-refractivity contribution in [3.8, 4) is 0 Å². The number of alkyl halides is 4. The van der Waals surface area contributed by atoms with Crippen molar-refractivity contribution in [1.29, 1.82) is 0 Å². The molecule has 1 amide bonds. The molecule has 8 heteroatoms. The van der Waals surface area contributed by atoms with Gasteiger partial charge in [-0.25, -0.2) is 8.78 Å². The Labute approximate surface area is 109 Å². The SMILES string of the molecule is O=C1C(=O)N(CC(F)(F)C(F)F)c2cccc(Cl)c21. The number of Topliss-reactive ketones (excluding diaryl/α,β-unsaturated/α-hetero) is 1. The zero-order valence-corrected chi connectivity index (χ0v) is 9.93. The van der Waals surface area contributed by atoms with E-state index in [2.05, 4.69) is 0 Å². The second-order valence-electron chi connectivity index (χ2n) is 3.92. The zero-order chi connectivity index (χ0) is 14.4. The third-order valence-corrected chi connectivity index (χ3v) is 2.95.